The van der Waals surface area contributed by atoms with Crippen LogP contribution in [0, 0.1) is 6.92 Å². The zero-order valence-corrected chi connectivity index (χ0v) is 15.8. The van der Waals surface area contributed by atoms with Crippen LogP contribution in [0.1, 0.15) is 30.2 Å². The summed E-state index contributed by atoms with van der Waals surface area (Å²) >= 11 is 0. The van der Waals surface area contributed by atoms with Gasteiger partial charge in [0.1, 0.15) is 0 Å². The molecule has 9 nitrogen and oxygen atoms in total. The third-order valence-corrected chi connectivity index (χ3v) is 3.82. The summed E-state index contributed by atoms with van der Waals surface area (Å²) in [4.78, 5) is 18.0. The van der Waals surface area contributed by atoms with E-state index in [1.807, 2.05) is 6.92 Å². The number of methoxy groups -OCH3 is 3. The molecule has 2 amide bonds. The number of aryl methyl sites for hydroxylation is 1. The maximum Gasteiger partial charge on any atom is 0.318 e. The van der Waals surface area contributed by atoms with Crippen LogP contribution in [-0.4, -0.2) is 49.4 Å². The van der Waals surface area contributed by atoms with Gasteiger partial charge in [-0.15, -0.1) is 0 Å². The molecule has 2 aromatic rings. The standard InChI is InChI=1S/C17H24N4O5/c1-10(12-7-13(23-4)16(25-6)14(8-12)24-5)18-17(22)21(3)9-15-19-11(2)26-20-15/h7-8,10H,9H2,1-6H3,(H,18,22). The molecule has 9 heteroatoms. The molecule has 1 N–H and O–H groups in total. The highest BCUT2D eigenvalue weighted by Crippen LogP contribution is 2.39. The minimum absolute atomic E-state index is 0.241. The van der Waals surface area contributed by atoms with E-state index in [2.05, 4.69) is 15.5 Å². The topological polar surface area (TPSA) is 99.0 Å². The lowest BCUT2D eigenvalue weighted by Crippen LogP contribution is -2.38. The fraction of sp³-hybridized carbons (Fsp3) is 0.471. The van der Waals surface area contributed by atoms with Crippen LogP contribution in [0.15, 0.2) is 16.7 Å². The van der Waals surface area contributed by atoms with Crippen LogP contribution >= 0.6 is 0 Å². The smallest absolute Gasteiger partial charge is 0.318 e. The molecule has 1 atom stereocenters. The molecule has 1 aromatic heterocycles. The van der Waals surface area contributed by atoms with E-state index in [4.69, 9.17) is 18.7 Å². The largest absolute Gasteiger partial charge is 0.493 e. The number of hydrogen-bond donors (Lipinski definition) is 1. The Morgan fingerprint density at radius 2 is 1.85 bits per heavy atom. The number of nitrogens with zero attached hydrogens (tertiary/aromatic N) is 3. The molecule has 0 bridgehead atoms. The first kappa shape index (κ1) is 19.4. The summed E-state index contributed by atoms with van der Waals surface area (Å²) < 4.78 is 20.9. The van der Waals surface area contributed by atoms with Crippen molar-refractivity contribution < 1.29 is 23.5 Å². The van der Waals surface area contributed by atoms with E-state index >= 15 is 0 Å². The number of amides is 2. The van der Waals surface area contributed by atoms with Crippen LogP contribution in [0.5, 0.6) is 17.2 Å². The Balaban J connectivity index is 2.10. The highest BCUT2D eigenvalue weighted by atomic mass is 16.5. The summed E-state index contributed by atoms with van der Waals surface area (Å²) in [5.74, 6) is 2.46. The summed E-state index contributed by atoms with van der Waals surface area (Å²) in [6.45, 7) is 3.80. The minimum atomic E-state index is -0.286. The second kappa shape index (κ2) is 8.41. The Labute approximate surface area is 152 Å². The molecule has 0 aliphatic carbocycles. The molecule has 1 aromatic carbocycles. The monoisotopic (exact) mass is 364 g/mol. The van der Waals surface area contributed by atoms with Gasteiger partial charge in [-0.3, -0.25) is 0 Å². The van der Waals surface area contributed by atoms with Crippen molar-refractivity contribution in [3.8, 4) is 17.2 Å². The third-order valence-electron chi connectivity index (χ3n) is 3.82. The number of rotatable bonds is 7. The van der Waals surface area contributed by atoms with Gasteiger partial charge < -0.3 is 29.0 Å². The molecule has 0 spiro atoms. The fourth-order valence-corrected chi connectivity index (χ4v) is 2.42. The van der Waals surface area contributed by atoms with Crippen LogP contribution in [0.3, 0.4) is 0 Å². The van der Waals surface area contributed by atoms with Crippen molar-refractivity contribution in [1.29, 1.82) is 0 Å². The maximum atomic E-state index is 12.4. The summed E-state index contributed by atoms with van der Waals surface area (Å²) in [7, 11) is 6.29. The maximum absolute atomic E-state index is 12.4. The van der Waals surface area contributed by atoms with Gasteiger partial charge in [0.2, 0.25) is 11.6 Å². The van der Waals surface area contributed by atoms with Crippen LogP contribution in [0.25, 0.3) is 0 Å². The second-order valence-electron chi connectivity index (χ2n) is 5.72. The van der Waals surface area contributed by atoms with Gasteiger partial charge in [-0.25, -0.2) is 4.79 Å². The minimum Gasteiger partial charge on any atom is -0.493 e. The van der Waals surface area contributed by atoms with Crippen LogP contribution in [-0.2, 0) is 6.54 Å². The van der Waals surface area contributed by atoms with Crippen LogP contribution < -0.4 is 19.5 Å². The quantitative estimate of drug-likeness (QED) is 0.805. The Hall–Kier alpha value is -2.97. The molecule has 142 valence electrons. The van der Waals surface area contributed by atoms with Crippen molar-refractivity contribution in [2.75, 3.05) is 28.4 Å². The molecule has 0 radical (unpaired) electrons. The lowest BCUT2D eigenvalue weighted by atomic mass is 10.1. The van der Waals surface area contributed by atoms with Gasteiger partial charge in [-0.1, -0.05) is 5.16 Å². The SMILES string of the molecule is COc1cc(C(C)NC(=O)N(C)Cc2noc(C)n2)cc(OC)c1OC. The molecule has 26 heavy (non-hydrogen) atoms. The van der Waals surface area contributed by atoms with Gasteiger partial charge in [-0.2, -0.15) is 4.98 Å². The van der Waals surface area contributed by atoms with Gasteiger partial charge in [0.15, 0.2) is 17.3 Å². The van der Waals surface area contributed by atoms with Crippen molar-refractivity contribution in [2.45, 2.75) is 26.4 Å². The number of aromatic nitrogens is 2. The predicted octanol–water partition coefficient (Wildman–Crippen LogP) is 2.31. The normalized spacial score (nSPS) is 11.6. The van der Waals surface area contributed by atoms with Crippen LogP contribution in [0.2, 0.25) is 0 Å². The summed E-state index contributed by atoms with van der Waals surface area (Å²) in [5, 5.41) is 6.70. The van der Waals surface area contributed by atoms with Crippen molar-refractivity contribution in [3.63, 3.8) is 0 Å². The molecule has 0 fully saturated rings. The highest BCUT2D eigenvalue weighted by molar-refractivity contribution is 5.74. The van der Waals surface area contributed by atoms with E-state index in [0.717, 1.165) is 5.56 Å². The summed E-state index contributed by atoms with van der Waals surface area (Å²) in [6, 6.07) is 3.04. The van der Waals surface area contributed by atoms with E-state index in [0.29, 0.717) is 29.0 Å². The average Bonchev–Trinajstić information content (AvgIpc) is 3.04. The van der Waals surface area contributed by atoms with Crippen molar-refractivity contribution >= 4 is 6.03 Å². The van der Waals surface area contributed by atoms with Crippen molar-refractivity contribution in [3.05, 3.63) is 29.4 Å². The Bertz CT molecular complexity index is 736. The molecule has 1 heterocycles. The van der Waals surface area contributed by atoms with E-state index in [9.17, 15) is 4.79 Å². The number of nitrogens with one attached hydrogen (secondary N) is 1. The lowest BCUT2D eigenvalue weighted by molar-refractivity contribution is 0.201. The number of carbonyl (C=O) groups excluding carboxylic acids is 1. The van der Waals surface area contributed by atoms with Gasteiger partial charge >= 0.3 is 6.03 Å². The zero-order chi connectivity index (χ0) is 19.3. The van der Waals surface area contributed by atoms with E-state index < -0.39 is 0 Å². The first-order valence-corrected chi connectivity index (χ1v) is 8.00. The Morgan fingerprint density at radius 3 is 2.31 bits per heavy atom. The van der Waals surface area contributed by atoms with E-state index in [1.54, 1.807) is 47.4 Å². The van der Waals surface area contributed by atoms with E-state index in [-0.39, 0.29) is 18.6 Å². The Morgan fingerprint density at radius 1 is 1.23 bits per heavy atom. The van der Waals surface area contributed by atoms with E-state index in [1.165, 1.54) is 4.90 Å². The summed E-state index contributed by atoms with van der Waals surface area (Å²) in [6.07, 6.45) is 0. The number of benzene rings is 1. The molecular formula is C17H24N4O5. The number of urea groups is 1. The lowest BCUT2D eigenvalue weighted by Gasteiger charge is -2.22. The highest BCUT2D eigenvalue weighted by Gasteiger charge is 2.19. The Kier molecular flexibility index (Phi) is 6.26. The van der Waals surface area contributed by atoms with Gasteiger partial charge in [0.25, 0.3) is 0 Å². The van der Waals surface area contributed by atoms with Crippen LogP contribution in [0.4, 0.5) is 4.79 Å². The second-order valence-corrected chi connectivity index (χ2v) is 5.72. The predicted molar refractivity (Wildman–Crippen MR) is 93.5 cm³/mol. The molecule has 0 saturated heterocycles. The molecular weight excluding hydrogens is 340 g/mol. The summed E-state index contributed by atoms with van der Waals surface area (Å²) in [5.41, 5.74) is 0.816. The van der Waals surface area contributed by atoms with Gasteiger partial charge in [0.05, 0.1) is 33.9 Å². The molecule has 0 aliphatic heterocycles. The first-order chi connectivity index (χ1) is 12.4. The first-order valence-electron chi connectivity index (χ1n) is 8.00. The average molecular weight is 364 g/mol. The molecule has 1 unspecified atom stereocenters. The zero-order valence-electron chi connectivity index (χ0n) is 15.8. The van der Waals surface area contributed by atoms with Gasteiger partial charge in [0, 0.05) is 14.0 Å². The number of carbonyl (C=O) groups is 1. The third kappa shape index (κ3) is 4.35. The molecule has 0 aliphatic rings. The van der Waals surface area contributed by atoms with Gasteiger partial charge in [-0.05, 0) is 24.6 Å². The number of hydrogen-bond acceptors (Lipinski definition) is 7. The fourth-order valence-electron chi connectivity index (χ4n) is 2.42. The number of ether oxygens (including phenoxy) is 3. The molecule has 2 rings (SSSR count). The van der Waals surface area contributed by atoms with Crippen molar-refractivity contribution in [2.24, 2.45) is 0 Å². The molecule has 0 saturated carbocycles. The van der Waals surface area contributed by atoms with Crippen molar-refractivity contribution in [1.82, 2.24) is 20.4 Å².